The van der Waals surface area contributed by atoms with Crippen LogP contribution in [-0.2, 0) is 4.79 Å². The third-order valence-corrected chi connectivity index (χ3v) is 3.82. The minimum Gasteiger partial charge on any atom is -0.355 e. The van der Waals surface area contributed by atoms with Crippen molar-refractivity contribution in [1.29, 1.82) is 0 Å². The molecule has 0 aromatic carbocycles. The van der Waals surface area contributed by atoms with Crippen molar-refractivity contribution < 1.29 is 4.79 Å². The Bertz CT molecular complexity index is 230. The van der Waals surface area contributed by atoms with Gasteiger partial charge in [0.05, 0.1) is 0 Å². The number of hydrogen-bond acceptors (Lipinski definition) is 2. The fourth-order valence-electron chi connectivity index (χ4n) is 2.42. The topological polar surface area (TPSA) is 41.1 Å². The largest absolute Gasteiger partial charge is 0.355 e. The van der Waals surface area contributed by atoms with Gasteiger partial charge in [0, 0.05) is 25.0 Å². The smallest absolute Gasteiger partial charge is 0.223 e. The monoisotopic (exact) mass is 224 g/mol. The Hall–Kier alpha value is -0.570. The van der Waals surface area contributed by atoms with Gasteiger partial charge in [-0.05, 0) is 44.4 Å². The van der Waals surface area contributed by atoms with E-state index >= 15 is 0 Å². The molecule has 0 bridgehead atoms. The van der Waals surface area contributed by atoms with Crippen molar-refractivity contribution in [2.45, 2.75) is 51.5 Å². The molecule has 0 aliphatic heterocycles. The zero-order chi connectivity index (χ0) is 11.4. The maximum Gasteiger partial charge on any atom is 0.223 e. The van der Waals surface area contributed by atoms with E-state index in [0.717, 1.165) is 37.9 Å². The molecule has 0 atom stereocenters. The summed E-state index contributed by atoms with van der Waals surface area (Å²) in [6.45, 7) is 4.01. The van der Waals surface area contributed by atoms with Crippen LogP contribution in [0.2, 0.25) is 0 Å². The molecule has 0 spiro atoms. The van der Waals surface area contributed by atoms with Gasteiger partial charge in [0.25, 0.3) is 0 Å². The highest BCUT2D eigenvalue weighted by Gasteiger charge is 2.24. The molecular formula is C13H24N2O. The number of carbonyl (C=O) groups excluding carboxylic acids is 1. The van der Waals surface area contributed by atoms with Crippen LogP contribution in [0.1, 0.15) is 45.4 Å². The Balaban J connectivity index is 1.55. The summed E-state index contributed by atoms with van der Waals surface area (Å²) in [6, 6.07) is 0.743. The molecule has 0 unspecified atom stereocenters. The summed E-state index contributed by atoms with van der Waals surface area (Å²) >= 11 is 0. The summed E-state index contributed by atoms with van der Waals surface area (Å²) in [7, 11) is 0. The third-order valence-electron chi connectivity index (χ3n) is 3.82. The summed E-state index contributed by atoms with van der Waals surface area (Å²) in [5.74, 6) is 1.39. The van der Waals surface area contributed by atoms with Gasteiger partial charge in [-0.15, -0.1) is 0 Å². The van der Waals surface area contributed by atoms with E-state index in [0.29, 0.717) is 0 Å². The van der Waals surface area contributed by atoms with Crippen molar-refractivity contribution in [1.82, 2.24) is 10.6 Å². The molecule has 2 aliphatic carbocycles. The molecule has 3 heteroatoms. The SMILES string of the molecule is CC1CCC(C(=O)NCCNC2CC2)CC1. The van der Waals surface area contributed by atoms with Crippen LogP contribution in [0.15, 0.2) is 0 Å². The van der Waals surface area contributed by atoms with E-state index in [1.54, 1.807) is 0 Å². The van der Waals surface area contributed by atoms with Gasteiger partial charge in [0.1, 0.15) is 0 Å². The van der Waals surface area contributed by atoms with Crippen LogP contribution in [0, 0.1) is 11.8 Å². The second kappa shape index (κ2) is 5.67. The van der Waals surface area contributed by atoms with Crippen molar-refractivity contribution in [3.05, 3.63) is 0 Å². The molecule has 0 aromatic heterocycles. The predicted molar refractivity (Wildman–Crippen MR) is 65.2 cm³/mol. The highest BCUT2D eigenvalue weighted by Crippen LogP contribution is 2.28. The summed E-state index contributed by atoms with van der Waals surface area (Å²) in [6.07, 6.45) is 7.24. The lowest BCUT2D eigenvalue weighted by atomic mass is 9.82. The highest BCUT2D eigenvalue weighted by atomic mass is 16.1. The second-order valence-corrected chi connectivity index (χ2v) is 5.48. The normalized spacial score (nSPS) is 30.1. The number of nitrogens with one attached hydrogen (secondary N) is 2. The molecule has 16 heavy (non-hydrogen) atoms. The number of carbonyl (C=O) groups is 1. The summed E-state index contributed by atoms with van der Waals surface area (Å²) < 4.78 is 0. The first-order chi connectivity index (χ1) is 7.75. The van der Waals surface area contributed by atoms with Crippen molar-refractivity contribution in [2.75, 3.05) is 13.1 Å². The van der Waals surface area contributed by atoms with Gasteiger partial charge in [-0.25, -0.2) is 0 Å². The van der Waals surface area contributed by atoms with E-state index in [2.05, 4.69) is 17.6 Å². The van der Waals surface area contributed by atoms with Gasteiger partial charge in [-0.2, -0.15) is 0 Å². The number of rotatable bonds is 5. The molecule has 2 rings (SSSR count). The van der Waals surface area contributed by atoms with Crippen molar-refractivity contribution >= 4 is 5.91 Å². The van der Waals surface area contributed by atoms with Crippen LogP contribution < -0.4 is 10.6 Å². The molecule has 2 aliphatic rings. The molecule has 92 valence electrons. The van der Waals surface area contributed by atoms with Gasteiger partial charge in [-0.3, -0.25) is 4.79 Å². The minimum atomic E-state index is 0.282. The van der Waals surface area contributed by atoms with Gasteiger partial charge < -0.3 is 10.6 Å². The maximum absolute atomic E-state index is 11.8. The fourth-order valence-corrected chi connectivity index (χ4v) is 2.42. The molecule has 2 saturated carbocycles. The summed E-state index contributed by atoms with van der Waals surface area (Å²) in [4.78, 5) is 11.8. The van der Waals surface area contributed by atoms with Crippen LogP contribution >= 0.6 is 0 Å². The Morgan fingerprint density at radius 1 is 1.06 bits per heavy atom. The van der Waals surface area contributed by atoms with E-state index in [4.69, 9.17) is 0 Å². The molecule has 1 amide bonds. The first-order valence-electron chi connectivity index (χ1n) is 6.77. The zero-order valence-corrected chi connectivity index (χ0v) is 10.3. The molecule has 0 saturated heterocycles. The van der Waals surface area contributed by atoms with Gasteiger partial charge >= 0.3 is 0 Å². The first-order valence-corrected chi connectivity index (χ1v) is 6.77. The van der Waals surface area contributed by atoms with Crippen molar-refractivity contribution in [2.24, 2.45) is 11.8 Å². The lowest BCUT2D eigenvalue weighted by molar-refractivity contribution is -0.126. The number of hydrogen-bond donors (Lipinski definition) is 2. The van der Waals surface area contributed by atoms with Gasteiger partial charge in [-0.1, -0.05) is 6.92 Å². The maximum atomic E-state index is 11.8. The van der Waals surface area contributed by atoms with Gasteiger partial charge in [0.2, 0.25) is 5.91 Å². The van der Waals surface area contributed by atoms with E-state index in [9.17, 15) is 4.79 Å². The van der Waals surface area contributed by atoms with E-state index in [1.165, 1.54) is 25.7 Å². The van der Waals surface area contributed by atoms with Crippen LogP contribution in [-0.4, -0.2) is 25.0 Å². The van der Waals surface area contributed by atoms with Crippen LogP contribution in [0.5, 0.6) is 0 Å². The first kappa shape index (κ1) is 11.9. The van der Waals surface area contributed by atoms with Crippen molar-refractivity contribution in [3.8, 4) is 0 Å². The van der Waals surface area contributed by atoms with Crippen LogP contribution in [0.4, 0.5) is 0 Å². The molecule has 0 aromatic rings. The van der Waals surface area contributed by atoms with E-state index in [-0.39, 0.29) is 11.8 Å². The van der Waals surface area contributed by atoms with Crippen LogP contribution in [0.3, 0.4) is 0 Å². The average molecular weight is 224 g/mol. The standard InChI is InChI=1S/C13H24N2O/c1-10-2-4-11(5-3-10)13(16)15-9-8-14-12-6-7-12/h10-12,14H,2-9H2,1H3,(H,15,16). The Morgan fingerprint density at radius 3 is 2.38 bits per heavy atom. The molecule has 2 fully saturated rings. The lowest BCUT2D eigenvalue weighted by Gasteiger charge is -2.25. The summed E-state index contributed by atoms with van der Waals surface area (Å²) in [5.41, 5.74) is 0. The fraction of sp³-hybridized carbons (Fsp3) is 0.923. The molecular weight excluding hydrogens is 200 g/mol. The number of amides is 1. The molecule has 0 heterocycles. The molecule has 3 nitrogen and oxygen atoms in total. The quantitative estimate of drug-likeness (QED) is 0.698. The van der Waals surface area contributed by atoms with Gasteiger partial charge in [0.15, 0.2) is 0 Å². The lowest BCUT2D eigenvalue weighted by Crippen LogP contribution is -2.37. The van der Waals surface area contributed by atoms with E-state index < -0.39 is 0 Å². The molecule has 0 radical (unpaired) electrons. The Morgan fingerprint density at radius 2 is 1.75 bits per heavy atom. The third kappa shape index (κ3) is 3.78. The minimum absolute atomic E-state index is 0.282. The van der Waals surface area contributed by atoms with Crippen LogP contribution in [0.25, 0.3) is 0 Å². The Labute approximate surface area is 98.4 Å². The zero-order valence-electron chi connectivity index (χ0n) is 10.3. The Kier molecular flexibility index (Phi) is 4.22. The van der Waals surface area contributed by atoms with Crippen molar-refractivity contribution in [3.63, 3.8) is 0 Å². The predicted octanol–water partition coefficient (Wildman–Crippen LogP) is 1.68. The molecule has 2 N–H and O–H groups in total. The van der Waals surface area contributed by atoms with E-state index in [1.807, 2.05) is 0 Å². The summed E-state index contributed by atoms with van der Waals surface area (Å²) in [5, 5.41) is 6.46. The second-order valence-electron chi connectivity index (χ2n) is 5.48. The average Bonchev–Trinajstić information content (AvgIpc) is 3.09. The highest BCUT2D eigenvalue weighted by molar-refractivity contribution is 5.78.